The van der Waals surface area contributed by atoms with Crippen molar-refractivity contribution in [2.45, 2.75) is 45.9 Å². The van der Waals surface area contributed by atoms with Gasteiger partial charge in [-0.05, 0) is 45.4 Å². The molecule has 0 fully saturated rings. The maximum absolute atomic E-state index is 12.6. The van der Waals surface area contributed by atoms with Gasteiger partial charge in [-0.2, -0.15) is 0 Å². The first-order valence-electron chi connectivity index (χ1n) is 9.11. The van der Waals surface area contributed by atoms with E-state index in [9.17, 15) is 14.4 Å². The van der Waals surface area contributed by atoms with E-state index in [1.165, 1.54) is 6.07 Å². The zero-order valence-electron chi connectivity index (χ0n) is 16.6. The van der Waals surface area contributed by atoms with E-state index in [-0.39, 0.29) is 11.7 Å². The molecule has 0 aliphatic rings. The second kappa shape index (κ2) is 9.17. The van der Waals surface area contributed by atoms with E-state index < -0.39 is 17.7 Å². The molecule has 1 atom stereocenters. The SMILES string of the molecule is CC(NC(=O)OC(C)(C)C)C(=O)c1cccc(C(=O)NCc2ccccc2)c1. The van der Waals surface area contributed by atoms with Crippen molar-refractivity contribution in [2.75, 3.05) is 0 Å². The van der Waals surface area contributed by atoms with Gasteiger partial charge in [0.2, 0.25) is 0 Å². The van der Waals surface area contributed by atoms with Gasteiger partial charge in [0.15, 0.2) is 5.78 Å². The Balaban J connectivity index is 2.00. The molecule has 2 aromatic rings. The summed E-state index contributed by atoms with van der Waals surface area (Å²) in [6.07, 6.45) is -0.662. The third-order valence-electron chi connectivity index (χ3n) is 3.83. The van der Waals surface area contributed by atoms with Gasteiger partial charge in [0.1, 0.15) is 5.60 Å². The highest BCUT2D eigenvalue weighted by Crippen LogP contribution is 2.11. The van der Waals surface area contributed by atoms with Crippen molar-refractivity contribution in [2.24, 2.45) is 0 Å². The number of rotatable bonds is 6. The largest absolute Gasteiger partial charge is 0.444 e. The first-order chi connectivity index (χ1) is 13.2. The van der Waals surface area contributed by atoms with Gasteiger partial charge in [0.05, 0.1) is 6.04 Å². The molecule has 0 saturated heterocycles. The van der Waals surface area contributed by atoms with Crippen LogP contribution in [0.15, 0.2) is 54.6 Å². The Kier molecular flexibility index (Phi) is 6.93. The smallest absolute Gasteiger partial charge is 0.408 e. The number of ketones is 1. The van der Waals surface area contributed by atoms with E-state index in [1.54, 1.807) is 45.9 Å². The van der Waals surface area contributed by atoms with E-state index in [0.717, 1.165) is 5.56 Å². The van der Waals surface area contributed by atoms with Gasteiger partial charge in [0.25, 0.3) is 5.91 Å². The van der Waals surface area contributed by atoms with Crippen molar-refractivity contribution in [1.29, 1.82) is 0 Å². The van der Waals surface area contributed by atoms with Crippen LogP contribution in [-0.4, -0.2) is 29.4 Å². The molecule has 0 saturated carbocycles. The predicted molar refractivity (Wildman–Crippen MR) is 107 cm³/mol. The molecule has 0 aliphatic heterocycles. The minimum Gasteiger partial charge on any atom is -0.444 e. The number of hydrogen-bond acceptors (Lipinski definition) is 4. The number of amides is 2. The molecule has 2 rings (SSSR count). The van der Waals surface area contributed by atoms with Crippen molar-refractivity contribution in [3.63, 3.8) is 0 Å². The molecule has 0 aliphatic carbocycles. The molecule has 1 unspecified atom stereocenters. The fourth-order valence-electron chi connectivity index (χ4n) is 2.49. The molecule has 6 heteroatoms. The minimum absolute atomic E-state index is 0.272. The Morgan fingerprint density at radius 3 is 2.25 bits per heavy atom. The summed E-state index contributed by atoms with van der Waals surface area (Å²) in [7, 11) is 0. The molecule has 0 aromatic heterocycles. The normalized spacial score (nSPS) is 12.0. The van der Waals surface area contributed by atoms with Crippen LogP contribution < -0.4 is 10.6 Å². The minimum atomic E-state index is -0.780. The molecule has 148 valence electrons. The standard InChI is InChI=1S/C22H26N2O4/c1-15(24-21(27)28-22(2,3)4)19(25)17-11-8-12-18(13-17)20(26)23-14-16-9-6-5-7-10-16/h5-13,15H,14H2,1-4H3,(H,23,26)(H,24,27). The van der Waals surface area contributed by atoms with Crippen LogP contribution in [0.5, 0.6) is 0 Å². The molecule has 0 radical (unpaired) electrons. The monoisotopic (exact) mass is 382 g/mol. The topological polar surface area (TPSA) is 84.5 Å². The lowest BCUT2D eigenvalue weighted by molar-refractivity contribution is 0.0496. The van der Waals surface area contributed by atoms with Gasteiger partial charge in [0, 0.05) is 17.7 Å². The highest BCUT2D eigenvalue weighted by atomic mass is 16.6. The van der Waals surface area contributed by atoms with Gasteiger partial charge >= 0.3 is 6.09 Å². The fourth-order valence-corrected chi connectivity index (χ4v) is 2.49. The Morgan fingerprint density at radius 1 is 0.964 bits per heavy atom. The summed E-state index contributed by atoms with van der Waals surface area (Å²) in [4.78, 5) is 36.8. The summed E-state index contributed by atoms with van der Waals surface area (Å²) in [5.41, 5.74) is 1.06. The molecule has 0 bridgehead atoms. The highest BCUT2D eigenvalue weighted by molar-refractivity contribution is 6.03. The van der Waals surface area contributed by atoms with Crippen LogP contribution >= 0.6 is 0 Å². The Bertz CT molecular complexity index is 841. The molecule has 2 N–H and O–H groups in total. The van der Waals surface area contributed by atoms with Crippen LogP contribution in [0.25, 0.3) is 0 Å². The Hall–Kier alpha value is -3.15. The van der Waals surface area contributed by atoms with Crippen molar-refractivity contribution < 1.29 is 19.1 Å². The number of nitrogens with one attached hydrogen (secondary N) is 2. The Morgan fingerprint density at radius 2 is 1.61 bits per heavy atom. The summed E-state index contributed by atoms with van der Waals surface area (Å²) < 4.78 is 5.16. The van der Waals surface area contributed by atoms with E-state index in [2.05, 4.69) is 10.6 Å². The van der Waals surface area contributed by atoms with Crippen LogP contribution in [0.4, 0.5) is 4.79 Å². The fraction of sp³-hybridized carbons (Fsp3) is 0.318. The number of hydrogen-bond donors (Lipinski definition) is 2. The summed E-state index contributed by atoms with van der Waals surface area (Å²) in [6, 6.07) is 15.2. The van der Waals surface area contributed by atoms with Crippen LogP contribution in [0.1, 0.15) is 54.0 Å². The highest BCUT2D eigenvalue weighted by Gasteiger charge is 2.22. The number of benzene rings is 2. The summed E-state index contributed by atoms with van der Waals surface area (Å²) in [5.74, 6) is -0.574. The molecule has 0 heterocycles. The third kappa shape index (κ3) is 6.54. The Labute approximate surface area is 165 Å². The van der Waals surface area contributed by atoms with Gasteiger partial charge in [-0.15, -0.1) is 0 Å². The van der Waals surface area contributed by atoms with Crippen LogP contribution in [0.3, 0.4) is 0 Å². The van der Waals surface area contributed by atoms with Crippen LogP contribution in [0, 0.1) is 0 Å². The molecule has 0 spiro atoms. The van der Waals surface area contributed by atoms with E-state index in [0.29, 0.717) is 17.7 Å². The number of carbonyl (C=O) groups excluding carboxylic acids is 3. The third-order valence-corrected chi connectivity index (χ3v) is 3.83. The average molecular weight is 382 g/mol. The van der Waals surface area contributed by atoms with Gasteiger partial charge in [-0.25, -0.2) is 4.79 Å². The zero-order valence-corrected chi connectivity index (χ0v) is 16.6. The summed E-state index contributed by atoms with van der Waals surface area (Å²) >= 11 is 0. The molecular weight excluding hydrogens is 356 g/mol. The number of carbonyl (C=O) groups is 3. The predicted octanol–water partition coefficient (Wildman–Crippen LogP) is 3.71. The molecular formula is C22H26N2O4. The van der Waals surface area contributed by atoms with E-state index in [4.69, 9.17) is 4.74 Å². The number of alkyl carbamates (subject to hydrolysis) is 1. The number of Topliss-reactive ketones (excluding diaryl/α,β-unsaturated/α-hetero) is 1. The quantitative estimate of drug-likeness (QED) is 0.746. The second-order valence-electron chi connectivity index (χ2n) is 7.48. The lowest BCUT2D eigenvalue weighted by atomic mass is 10.0. The molecule has 6 nitrogen and oxygen atoms in total. The number of ether oxygens (including phenoxy) is 1. The summed E-state index contributed by atoms with van der Waals surface area (Å²) in [6.45, 7) is 7.21. The van der Waals surface area contributed by atoms with Gasteiger partial charge < -0.3 is 15.4 Å². The van der Waals surface area contributed by atoms with Gasteiger partial charge in [-0.3, -0.25) is 9.59 Å². The first kappa shape index (κ1) is 21.2. The average Bonchev–Trinajstić information content (AvgIpc) is 2.64. The van der Waals surface area contributed by atoms with E-state index >= 15 is 0 Å². The summed E-state index contributed by atoms with van der Waals surface area (Å²) in [5, 5.41) is 5.35. The van der Waals surface area contributed by atoms with Crippen LogP contribution in [0.2, 0.25) is 0 Å². The van der Waals surface area contributed by atoms with Crippen molar-refractivity contribution in [1.82, 2.24) is 10.6 Å². The lowest BCUT2D eigenvalue weighted by Crippen LogP contribution is -2.41. The first-order valence-corrected chi connectivity index (χ1v) is 9.11. The second-order valence-corrected chi connectivity index (χ2v) is 7.48. The van der Waals surface area contributed by atoms with Crippen molar-refractivity contribution in [3.05, 3.63) is 71.3 Å². The molecule has 2 amide bonds. The van der Waals surface area contributed by atoms with Crippen molar-refractivity contribution in [3.8, 4) is 0 Å². The molecule has 2 aromatic carbocycles. The zero-order chi connectivity index (χ0) is 20.7. The lowest BCUT2D eigenvalue weighted by Gasteiger charge is -2.21. The maximum atomic E-state index is 12.6. The molecule has 28 heavy (non-hydrogen) atoms. The van der Waals surface area contributed by atoms with Crippen molar-refractivity contribution >= 4 is 17.8 Å². The maximum Gasteiger partial charge on any atom is 0.408 e. The van der Waals surface area contributed by atoms with E-state index in [1.807, 2.05) is 30.3 Å². The van der Waals surface area contributed by atoms with Gasteiger partial charge in [-0.1, -0.05) is 42.5 Å². The van der Waals surface area contributed by atoms with Crippen LogP contribution in [-0.2, 0) is 11.3 Å².